The maximum absolute atomic E-state index is 13.7. The summed E-state index contributed by atoms with van der Waals surface area (Å²) in [6.07, 6.45) is 8.26. The van der Waals surface area contributed by atoms with E-state index in [9.17, 15) is 18.0 Å². The van der Waals surface area contributed by atoms with E-state index in [1.807, 2.05) is 12.1 Å². The van der Waals surface area contributed by atoms with E-state index in [-0.39, 0.29) is 11.8 Å². The highest BCUT2D eigenvalue weighted by Gasteiger charge is 2.49. The van der Waals surface area contributed by atoms with Gasteiger partial charge in [-0.3, -0.25) is 14.3 Å². The second-order valence-corrected chi connectivity index (χ2v) is 13.1. The Morgan fingerprint density at radius 2 is 1.76 bits per heavy atom. The zero-order valence-corrected chi connectivity index (χ0v) is 22.2. The van der Waals surface area contributed by atoms with Crippen LogP contribution in [0.15, 0.2) is 36.4 Å². The monoisotopic (exact) mass is 538 g/mol. The Bertz CT molecular complexity index is 1390. The molecule has 2 aromatic carbocycles. The van der Waals surface area contributed by atoms with Gasteiger partial charge in [0.15, 0.2) is 0 Å². The Labute approximate surface area is 223 Å². The van der Waals surface area contributed by atoms with Crippen LogP contribution >= 0.6 is 0 Å². The number of rotatable bonds is 7. The van der Waals surface area contributed by atoms with Gasteiger partial charge in [0.1, 0.15) is 0 Å². The lowest BCUT2D eigenvalue weighted by molar-refractivity contribution is -0.120. The third-order valence-electron chi connectivity index (χ3n) is 8.96. The lowest BCUT2D eigenvalue weighted by atomic mass is 9.80. The van der Waals surface area contributed by atoms with E-state index in [1.165, 1.54) is 12.8 Å². The molecule has 2 spiro atoms. The van der Waals surface area contributed by atoms with Gasteiger partial charge < -0.3 is 20.6 Å². The van der Waals surface area contributed by atoms with Crippen LogP contribution < -0.4 is 20.3 Å². The molecule has 0 radical (unpaired) electrons. The molecule has 0 atom stereocenters. The summed E-state index contributed by atoms with van der Waals surface area (Å²) in [7, 11) is -3.70. The van der Waals surface area contributed by atoms with Crippen molar-refractivity contribution in [3.63, 3.8) is 0 Å². The minimum atomic E-state index is -3.70. The van der Waals surface area contributed by atoms with Gasteiger partial charge in [0.25, 0.3) is 5.91 Å². The summed E-state index contributed by atoms with van der Waals surface area (Å²) in [5.74, 6) is -0.705. The maximum atomic E-state index is 13.7. The van der Waals surface area contributed by atoms with Crippen LogP contribution in [0.1, 0.15) is 67.3 Å². The second-order valence-electron chi connectivity index (χ2n) is 11.3. The van der Waals surface area contributed by atoms with Crippen LogP contribution in [-0.2, 0) is 20.2 Å². The van der Waals surface area contributed by atoms with Crippen molar-refractivity contribution in [3.8, 4) is 0 Å². The molecular formula is C28H34N4O5S. The molecule has 38 heavy (non-hydrogen) atoms. The largest absolute Gasteiger partial charge is 0.395 e. The Morgan fingerprint density at radius 3 is 2.45 bits per heavy atom. The molecule has 1 saturated heterocycles. The topological polar surface area (TPSA) is 128 Å². The number of hydrogen-bond donors (Lipinski definition) is 4. The molecule has 2 aliphatic heterocycles. The molecule has 2 saturated carbocycles. The number of aliphatic hydroxyl groups is 1. The molecular weight excluding hydrogens is 504 g/mol. The molecule has 0 bridgehead atoms. The number of hydrogen-bond acceptors (Lipinski definition) is 6. The average molecular weight is 539 g/mol. The summed E-state index contributed by atoms with van der Waals surface area (Å²) in [6.45, 7) is 1.12. The highest BCUT2D eigenvalue weighted by molar-refractivity contribution is 7.92. The number of carbonyl (C=O) groups excluding carboxylic acids is 2. The van der Waals surface area contributed by atoms with Crippen molar-refractivity contribution < 1.29 is 23.1 Å². The van der Waals surface area contributed by atoms with Crippen molar-refractivity contribution in [2.75, 3.05) is 45.7 Å². The Kier molecular flexibility index (Phi) is 6.14. The first kappa shape index (κ1) is 25.2. The van der Waals surface area contributed by atoms with Gasteiger partial charge in [-0.15, -0.1) is 0 Å². The van der Waals surface area contributed by atoms with Crippen molar-refractivity contribution in [2.24, 2.45) is 5.41 Å². The minimum Gasteiger partial charge on any atom is -0.395 e. The third kappa shape index (κ3) is 4.43. The number of piperidine rings is 1. The molecule has 0 aromatic heterocycles. The van der Waals surface area contributed by atoms with Crippen molar-refractivity contribution in [1.29, 1.82) is 0 Å². The highest BCUT2D eigenvalue weighted by atomic mass is 32.2. The van der Waals surface area contributed by atoms with Crippen molar-refractivity contribution >= 4 is 44.6 Å². The van der Waals surface area contributed by atoms with Gasteiger partial charge in [-0.25, -0.2) is 8.42 Å². The average Bonchev–Trinajstić information content (AvgIpc) is 3.33. The van der Waals surface area contributed by atoms with E-state index >= 15 is 0 Å². The molecule has 10 heteroatoms. The van der Waals surface area contributed by atoms with E-state index in [0.717, 1.165) is 57.2 Å². The minimum absolute atomic E-state index is 0.00854. The van der Waals surface area contributed by atoms with Crippen LogP contribution in [0.2, 0.25) is 0 Å². The van der Waals surface area contributed by atoms with Gasteiger partial charge in [-0.05, 0) is 73.8 Å². The number of benzene rings is 2. The van der Waals surface area contributed by atoms with Gasteiger partial charge in [0.05, 0.1) is 46.1 Å². The van der Waals surface area contributed by atoms with Gasteiger partial charge in [0.2, 0.25) is 15.9 Å². The fraction of sp³-hybridized carbons (Fsp3) is 0.500. The molecule has 9 nitrogen and oxygen atoms in total. The normalized spacial score (nSPS) is 20.9. The quantitative estimate of drug-likeness (QED) is 0.424. The van der Waals surface area contributed by atoms with E-state index in [4.69, 9.17) is 5.11 Å². The van der Waals surface area contributed by atoms with E-state index < -0.39 is 27.8 Å². The number of carbonyl (C=O) groups is 2. The standard InChI is InChI=1S/C28H34N4O5S/c33-16-17-38(36,37)31-19-6-7-20(23(18-19)32-14-12-27(10-11-27)13-15-32)25(34)29-22-5-3-4-21-24(22)30-26(35)28(21)8-1-2-9-28/h3-7,18,31,33H,1-2,8-17H2,(H,29,34)(H,30,35). The Hall–Kier alpha value is -3.11. The predicted molar refractivity (Wildman–Crippen MR) is 147 cm³/mol. The molecule has 6 rings (SSSR count). The lowest BCUT2D eigenvalue weighted by Crippen LogP contribution is -2.35. The zero-order valence-electron chi connectivity index (χ0n) is 21.4. The molecule has 2 aromatic rings. The van der Waals surface area contributed by atoms with Crippen LogP contribution in [0.4, 0.5) is 22.7 Å². The molecule has 4 aliphatic rings. The smallest absolute Gasteiger partial charge is 0.257 e. The molecule has 2 aliphatic carbocycles. The van der Waals surface area contributed by atoms with Crippen molar-refractivity contribution in [3.05, 3.63) is 47.5 Å². The first-order valence-corrected chi connectivity index (χ1v) is 15.2. The second kappa shape index (κ2) is 9.27. The summed E-state index contributed by atoms with van der Waals surface area (Å²) >= 11 is 0. The van der Waals surface area contributed by atoms with Crippen LogP contribution in [0, 0.1) is 5.41 Å². The zero-order chi connectivity index (χ0) is 26.5. The first-order valence-electron chi connectivity index (χ1n) is 13.5. The SMILES string of the molecule is O=C(Nc1cccc2c1NC(=O)C21CCCC1)c1ccc(NS(=O)(=O)CCO)cc1N1CCC2(CC1)CC2. The van der Waals surface area contributed by atoms with Crippen molar-refractivity contribution in [2.45, 2.75) is 56.8 Å². The summed E-state index contributed by atoms with van der Waals surface area (Å²) in [6, 6.07) is 10.6. The fourth-order valence-corrected chi connectivity index (χ4v) is 7.34. The number of sulfonamides is 1. The number of nitrogens with one attached hydrogen (secondary N) is 3. The molecule has 3 fully saturated rings. The summed E-state index contributed by atoms with van der Waals surface area (Å²) in [4.78, 5) is 28.8. The molecule has 0 unspecified atom stereocenters. The number of amides is 2. The Morgan fingerprint density at radius 1 is 1.03 bits per heavy atom. The molecule has 4 N–H and O–H groups in total. The number of para-hydroxylation sites is 1. The van der Waals surface area contributed by atoms with Gasteiger partial charge in [0, 0.05) is 13.1 Å². The van der Waals surface area contributed by atoms with Crippen LogP contribution in [0.3, 0.4) is 0 Å². The van der Waals surface area contributed by atoms with E-state index in [1.54, 1.807) is 24.3 Å². The van der Waals surface area contributed by atoms with Crippen molar-refractivity contribution in [1.82, 2.24) is 0 Å². The van der Waals surface area contributed by atoms with Crippen LogP contribution in [0.25, 0.3) is 0 Å². The number of aliphatic hydroxyl groups excluding tert-OH is 1. The molecule has 2 heterocycles. The van der Waals surface area contributed by atoms with Gasteiger partial charge in [-0.2, -0.15) is 0 Å². The van der Waals surface area contributed by atoms with Gasteiger partial charge in [-0.1, -0.05) is 25.0 Å². The third-order valence-corrected chi connectivity index (χ3v) is 10.2. The van der Waals surface area contributed by atoms with Crippen LogP contribution in [-0.4, -0.2) is 50.8 Å². The first-order chi connectivity index (χ1) is 18.2. The maximum Gasteiger partial charge on any atom is 0.257 e. The van der Waals surface area contributed by atoms with E-state index in [0.29, 0.717) is 33.7 Å². The lowest BCUT2D eigenvalue weighted by Gasteiger charge is -2.35. The number of fused-ring (bicyclic) bond motifs is 2. The number of anilines is 4. The fourth-order valence-electron chi connectivity index (χ4n) is 6.51. The highest BCUT2D eigenvalue weighted by Crippen LogP contribution is 2.54. The van der Waals surface area contributed by atoms with Crippen LogP contribution in [0.5, 0.6) is 0 Å². The van der Waals surface area contributed by atoms with E-state index in [2.05, 4.69) is 20.3 Å². The van der Waals surface area contributed by atoms with Gasteiger partial charge >= 0.3 is 0 Å². The number of nitrogens with zero attached hydrogens (tertiary/aromatic N) is 1. The molecule has 202 valence electrons. The molecule has 2 amide bonds. The Balaban J connectivity index is 1.30. The summed E-state index contributed by atoms with van der Waals surface area (Å²) in [5.41, 5.74) is 3.62. The summed E-state index contributed by atoms with van der Waals surface area (Å²) in [5, 5.41) is 15.2. The summed E-state index contributed by atoms with van der Waals surface area (Å²) < 4.78 is 27.1. The predicted octanol–water partition coefficient (Wildman–Crippen LogP) is 3.82.